The zero-order valence-corrected chi connectivity index (χ0v) is 9.98. The molecule has 0 unspecified atom stereocenters. The van der Waals surface area contributed by atoms with Crippen LogP contribution in [0.5, 0.6) is 0 Å². The minimum Gasteiger partial charge on any atom is -0.398 e. The highest BCUT2D eigenvalue weighted by molar-refractivity contribution is 6.04. The lowest BCUT2D eigenvalue weighted by Crippen LogP contribution is -2.10. The van der Waals surface area contributed by atoms with Crippen LogP contribution in [0.3, 0.4) is 0 Å². The van der Waals surface area contributed by atoms with Gasteiger partial charge in [0.15, 0.2) is 0 Å². The number of fused-ring (bicyclic) bond motifs is 1. The molecule has 1 radical (unpaired) electrons. The molecule has 1 heterocycles. The fraction of sp³-hybridized carbons (Fsp3) is 0.0714. The van der Waals surface area contributed by atoms with Gasteiger partial charge in [0.2, 0.25) is 0 Å². The van der Waals surface area contributed by atoms with Crippen molar-refractivity contribution in [3.05, 3.63) is 58.9 Å². The van der Waals surface area contributed by atoms with Gasteiger partial charge in [0.05, 0.1) is 11.3 Å². The summed E-state index contributed by atoms with van der Waals surface area (Å²) in [6.07, 6.45) is 0.579. The van der Waals surface area contributed by atoms with Crippen LogP contribution in [0, 0.1) is 5.82 Å². The van der Waals surface area contributed by atoms with E-state index in [1.54, 1.807) is 18.2 Å². The molecule has 0 fully saturated rings. The van der Waals surface area contributed by atoms with Gasteiger partial charge < -0.3 is 5.73 Å². The number of nitrogens with one attached hydrogen (secondary N) is 1. The topological polar surface area (TPSA) is 69.2 Å². The van der Waals surface area contributed by atoms with E-state index in [0.717, 1.165) is 11.1 Å². The van der Waals surface area contributed by atoms with Crippen molar-refractivity contribution >= 4 is 17.3 Å². The van der Waals surface area contributed by atoms with Crippen LogP contribution in [0.25, 0.3) is 0 Å². The molecule has 5 heteroatoms. The second kappa shape index (κ2) is 4.28. The van der Waals surface area contributed by atoms with E-state index in [2.05, 4.69) is 10.9 Å². The van der Waals surface area contributed by atoms with Gasteiger partial charge in [0, 0.05) is 5.69 Å². The van der Waals surface area contributed by atoms with E-state index in [0.29, 0.717) is 23.4 Å². The summed E-state index contributed by atoms with van der Waals surface area (Å²) in [5.74, 6) is -0.577. The number of nitrogen functional groups attached to an aromatic ring is 1. The summed E-state index contributed by atoms with van der Waals surface area (Å²) >= 11 is 0. The number of hydrogen-bond donors (Lipinski definition) is 2. The van der Waals surface area contributed by atoms with Crippen molar-refractivity contribution in [2.45, 2.75) is 6.42 Å². The van der Waals surface area contributed by atoms with Gasteiger partial charge in [-0.25, -0.2) is 4.39 Å². The van der Waals surface area contributed by atoms with Crippen molar-refractivity contribution in [1.82, 2.24) is 5.43 Å². The van der Waals surface area contributed by atoms with Crippen LogP contribution in [0.15, 0.2) is 36.4 Å². The molecule has 0 bridgehead atoms. The van der Waals surface area contributed by atoms with Gasteiger partial charge in [0.1, 0.15) is 5.82 Å². The van der Waals surface area contributed by atoms with E-state index in [1.165, 1.54) is 12.1 Å². The molecule has 2 aromatic rings. The Morgan fingerprint density at radius 2 is 1.95 bits per heavy atom. The number of nitrogens with two attached hydrogens (primary N) is 1. The van der Waals surface area contributed by atoms with Crippen LogP contribution in [-0.4, -0.2) is 5.91 Å². The van der Waals surface area contributed by atoms with Crippen molar-refractivity contribution in [2.24, 2.45) is 0 Å². The summed E-state index contributed by atoms with van der Waals surface area (Å²) in [5.41, 5.74) is 15.7. The molecule has 3 N–H and O–H groups in total. The van der Waals surface area contributed by atoms with E-state index in [9.17, 15) is 9.18 Å². The molecule has 0 aliphatic carbocycles. The van der Waals surface area contributed by atoms with E-state index in [4.69, 9.17) is 5.73 Å². The Kier molecular flexibility index (Phi) is 2.59. The van der Waals surface area contributed by atoms with Crippen LogP contribution in [-0.2, 0) is 6.42 Å². The molecule has 19 heavy (non-hydrogen) atoms. The zero-order chi connectivity index (χ0) is 13.4. The molecular weight excluding hydrogens is 245 g/mol. The molecule has 1 aliphatic heterocycles. The monoisotopic (exact) mass is 256 g/mol. The first-order chi connectivity index (χ1) is 9.13. The molecule has 2 aromatic carbocycles. The van der Waals surface area contributed by atoms with Gasteiger partial charge in [-0.2, -0.15) is 0 Å². The lowest BCUT2D eigenvalue weighted by atomic mass is 10.0. The minimum absolute atomic E-state index is 0.267. The summed E-state index contributed by atoms with van der Waals surface area (Å²) in [5, 5.41) is 0. The Morgan fingerprint density at radius 1 is 1.21 bits per heavy atom. The zero-order valence-electron chi connectivity index (χ0n) is 9.98. The molecule has 0 atom stereocenters. The Morgan fingerprint density at radius 3 is 2.68 bits per heavy atom. The van der Waals surface area contributed by atoms with Gasteiger partial charge in [-0.05, 0) is 41.8 Å². The summed E-state index contributed by atoms with van der Waals surface area (Å²) < 4.78 is 12.8. The lowest BCUT2D eigenvalue weighted by Gasteiger charge is -2.08. The molecular formula is C14H11FN3O. The van der Waals surface area contributed by atoms with E-state index in [1.807, 2.05) is 6.07 Å². The third-order valence-electron chi connectivity index (χ3n) is 3.10. The number of halogens is 1. The van der Waals surface area contributed by atoms with Gasteiger partial charge in [-0.3, -0.25) is 10.2 Å². The molecule has 3 rings (SSSR count). The average molecular weight is 256 g/mol. The highest BCUT2D eigenvalue weighted by atomic mass is 19.1. The summed E-state index contributed by atoms with van der Waals surface area (Å²) in [7, 11) is 0. The molecule has 0 saturated heterocycles. The Bertz CT molecular complexity index is 652. The van der Waals surface area contributed by atoms with E-state index < -0.39 is 0 Å². The fourth-order valence-electron chi connectivity index (χ4n) is 2.08. The van der Waals surface area contributed by atoms with Gasteiger partial charge in [-0.15, -0.1) is 5.43 Å². The lowest BCUT2D eigenvalue weighted by molar-refractivity contribution is 0.0969. The predicted octanol–water partition coefficient (Wildman–Crippen LogP) is 2.08. The predicted molar refractivity (Wildman–Crippen MR) is 70.1 cm³/mol. The molecule has 95 valence electrons. The van der Waals surface area contributed by atoms with E-state index >= 15 is 0 Å². The SMILES string of the molecule is Nc1cc2c(cc1Cc1ccc(F)cc1)N[N]C2=O. The third-order valence-corrected chi connectivity index (χ3v) is 3.10. The highest BCUT2D eigenvalue weighted by Gasteiger charge is 2.22. The summed E-state index contributed by atoms with van der Waals surface area (Å²) in [6, 6.07) is 9.68. The van der Waals surface area contributed by atoms with Gasteiger partial charge in [-0.1, -0.05) is 12.1 Å². The average Bonchev–Trinajstić information content (AvgIpc) is 2.74. The minimum atomic E-state index is -0.310. The molecule has 1 amide bonds. The number of benzene rings is 2. The largest absolute Gasteiger partial charge is 0.398 e. The van der Waals surface area contributed by atoms with Crippen molar-refractivity contribution in [3.63, 3.8) is 0 Å². The first-order valence-electron chi connectivity index (χ1n) is 5.81. The van der Waals surface area contributed by atoms with Crippen molar-refractivity contribution in [3.8, 4) is 0 Å². The van der Waals surface area contributed by atoms with Crippen LogP contribution in [0.2, 0.25) is 0 Å². The fourth-order valence-corrected chi connectivity index (χ4v) is 2.08. The number of rotatable bonds is 2. The third kappa shape index (κ3) is 2.10. The van der Waals surface area contributed by atoms with Gasteiger partial charge in [0.25, 0.3) is 5.91 Å². The maximum atomic E-state index is 12.8. The smallest absolute Gasteiger partial charge is 0.295 e. The molecule has 0 saturated carbocycles. The Hall–Kier alpha value is -2.56. The second-order valence-corrected chi connectivity index (χ2v) is 4.43. The number of carbonyl (C=O) groups is 1. The van der Waals surface area contributed by atoms with E-state index in [-0.39, 0.29) is 11.7 Å². The quantitative estimate of drug-likeness (QED) is 0.808. The molecule has 1 aliphatic rings. The number of nitrogens with zero attached hydrogens (tertiary/aromatic N) is 1. The summed E-state index contributed by atoms with van der Waals surface area (Å²) in [6.45, 7) is 0. The maximum Gasteiger partial charge on any atom is 0.295 e. The Labute approximate surface area is 109 Å². The number of anilines is 2. The normalized spacial score (nSPS) is 12.8. The molecule has 0 aromatic heterocycles. The first kappa shape index (κ1) is 11.5. The van der Waals surface area contributed by atoms with Crippen molar-refractivity contribution in [1.29, 1.82) is 0 Å². The van der Waals surface area contributed by atoms with Crippen LogP contribution < -0.4 is 16.6 Å². The van der Waals surface area contributed by atoms with Crippen molar-refractivity contribution in [2.75, 3.05) is 11.2 Å². The maximum absolute atomic E-state index is 12.8. The molecule has 4 nitrogen and oxygen atoms in total. The highest BCUT2D eigenvalue weighted by Crippen LogP contribution is 2.28. The number of hydrogen-bond acceptors (Lipinski definition) is 3. The number of carbonyl (C=O) groups excluding carboxylic acids is 1. The standard InChI is InChI=1S/C14H11FN3O/c15-10-3-1-8(2-4-10)5-9-6-13-11(7-12(9)16)14(19)18-17-13/h1-4,6-7,17H,5,16H2. The molecule has 0 spiro atoms. The Balaban J connectivity index is 1.93. The first-order valence-corrected chi connectivity index (χ1v) is 5.81. The van der Waals surface area contributed by atoms with Gasteiger partial charge >= 0.3 is 0 Å². The second-order valence-electron chi connectivity index (χ2n) is 4.43. The van der Waals surface area contributed by atoms with Crippen LogP contribution >= 0.6 is 0 Å². The van der Waals surface area contributed by atoms with Crippen LogP contribution in [0.4, 0.5) is 15.8 Å². The van der Waals surface area contributed by atoms with Crippen molar-refractivity contribution < 1.29 is 9.18 Å². The summed E-state index contributed by atoms with van der Waals surface area (Å²) in [4.78, 5) is 11.4. The number of amides is 1. The van der Waals surface area contributed by atoms with Crippen LogP contribution in [0.1, 0.15) is 21.5 Å².